The lowest BCUT2D eigenvalue weighted by Crippen LogP contribution is -2.60. The largest absolute Gasteiger partial charge is 0.573 e. The van der Waals surface area contributed by atoms with Crippen LogP contribution in [0.5, 0.6) is 5.75 Å². The molecule has 1 amide bonds. The average Bonchev–Trinajstić information content (AvgIpc) is 2.53. The molecule has 2 heterocycles. The number of halogens is 4. The maximum Gasteiger partial charge on any atom is 0.573 e. The van der Waals surface area contributed by atoms with E-state index in [1.165, 1.54) is 18.3 Å². The number of benzene rings is 1. The number of carbonyl (C=O) groups is 1. The van der Waals surface area contributed by atoms with E-state index in [0.29, 0.717) is 29.1 Å². The minimum atomic E-state index is -4.77. The Balaban J connectivity index is 1.65. The first kappa shape index (κ1) is 19.4. The molecule has 6 nitrogen and oxygen atoms in total. The first-order valence-corrected chi connectivity index (χ1v) is 8.62. The maximum absolute atomic E-state index is 12.3. The number of alkyl halides is 3. The van der Waals surface area contributed by atoms with Gasteiger partial charge in [0.2, 0.25) is 0 Å². The van der Waals surface area contributed by atoms with Crippen LogP contribution in [-0.2, 0) is 0 Å². The maximum atomic E-state index is 12.3. The molecule has 0 atom stereocenters. The second kappa shape index (κ2) is 7.01. The van der Waals surface area contributed by atoms with Crippen molar-refractivity contribution >= 4 is 33.3 Å². The van der Waals surface area contributed by atoms with Gasteiger partial charge in [0.1, 0.15) is 11.6 Å². The zero-order valence-electron chi connectivity index (χ0n) is 14.0. The molecule has 1 fully saturated rings. The SMILES string of the molecule is CC1(O)CN(c2ncc(C(=O)Nc3ccc(OC(F)(F)F)cc3)cc2Br)C1. The summed E-state index contributed by atoms with van der Waals surface area (Å²) in [4.78, 5) is 18.4. The van der Waals surface area contributed by atoms with Gasteiger partial charge in [-0.25, -0.2) is 4.98 Å². The average molecular weight is 446 g/mol. The fourth-order valence-corrected chi connectivity index (χ4v) is 3.26. The molecule has 1 aliphatic rings. The summed E-state index contributed by atoms with van der Waals surface area (Å²) in [5, 5.41) is 12.4. The van der Waals surface area contributed by atoms with Crippen LogP contribution >= 0.6 is 15.9 Å². The lowest BCUT2D eigenvalue weighted by molar-refractivity contribution is -0.274. The summed E-state index contributed by atoms with van der Waals surface area (Å²) in [7, 11) is 0. The number of rotatable bonds is 4. The third-order valence-corrected chi connectivity index (χ3v) is 4.38. The van der Waals surface area contributed by atoms with E-state index in [1.54, 1.807) is 13.0 Å². The summed E-state index contributed by atoms with van der Waals surface area (Å²) in [6.07, 6.45) is -3.38. The van der Waals surface area contributed by atoms with Crippen molar-refractivity contribution in [2.45, 2.75) is 18.9 Å². The van der Waals surface area contributed by atoms with Gasteiger partial charge in [-0.15, -0.1) is 13.2 Å². The molecule has 27 heavy (non-hydrogen) atoms. The standard InChI is InChI=1S/C17H15BrF3N3O3/c1-16(26)8-24(9-16)14-13(18)6-10(7-22-14)15(25)23-11-2-4-12(5-3-11)27-17(19,20)21/h2-7,26H,8-9H2,1H3,(H,23,25). The van der Waals surface area contributed by atoms with Crippen LogP contribution in [0.3, 0.4) is 0 Å². The van der Waals surface area contributed by atoms with E-state index >= 15 is 0 Å². The number of aliphatic hydroxyl groups is 1. The summed E-state index contributed by atoms with van der Waals surface area (Å²) < 4.78 is 40.8. The van der Waals surface area contributed by atoms with Gasteiger partial charge in [-0.2, -0.15) is 0 Å². The van der Waals surface area contributed by atoms with E-state index in [9.17, 15) is 23.1 Å². The molecular formula is C17H15BrF3N3O3. The number of aromatic nitrogens is 1. The third-order valence-electron chi connectivity index (χ3n) is 3.79. The highest BCUT2D eigenvalue weighted by atomic mass is 79.9. The normalized spacial score (nSPS) is 15.9. The second-order valence-electron chi connectivity index (χ2n) is 6.41. The molecular weight excluding hydrogens is 431 g/mol. The molecule has 3 rings (SSSR count). The first-order chi connectivity index (χ1) is 12.5. The van der Waals surface area contributed by atoms with Crippen LogP contribution in [0.4, 0.5) is 24.7 Å². The summed E-state index contributed by atoms with van der Waals surface area (Å²) in [5.74, 6) is -0.221. The molecule has 0 spiro atoms. The molecule has 0 unspecified atom stereocenters. The topological polar surface area (TPSA) is 74.7 Å². The van der Waals surface area contributed by atoms with Gasteiger partial charge in [0, 0.05) is 25.0 Å². The van der Waals surface area contributed by atoms with Crippen molar-refractivity contribution in [1.29, 1.82) is 0 Å². The van der Waals surface area contributed by atoms with Gasteiger partial charge in [0.25, 0.3) is 5.91 Å². The van der Waals surface area contributed by atoms with Crippen molar-refractivity contribution in [2.75, 3.05) is 23.3 Å². The quantitative estimate of drug-likeness (QED) is 0.752. The number of amides is 1. The van der Waals surface area contributed by atoms with E-state index in [-0.39, 0.29) is 11.3 Å². The summed E-state index contributed by atoms with van der Waals surface area (Å²) in [6, 6.07) is 6.41. The number of hydrogen-bond acceptors (Lipinski definition) is 5. The molecule has 144 valence electrons. The lowest BCUT2D eigenvalue weighted by Gasteiger charge is -2.45. The van der Waals surface area contributed by atoms with E-state index in [4.69, 9.17) is 0 Å². The number of β-amino-alcohol motifs (C(OH)–C–C–N with tert-alkyl or cyclic N) is 1. The Morgan fingerprint density at radius 2 is 1.96 bits per heavy atom. The van der Waals surface area contributed by atoms with Gasteiger partial charge in [0.05, 0.1) is 15.6 Å². The van der Waals surface area contributed by atoms with Gasteiger partial charge in [0.15, 0.2) is 0 Å². The van der Waals surface area contributed by atoms with E-state index in [0.717, 1.165) is 12.1 Å². The highest BCUT2D eigenvalue weighted by molar-refractivity contribution is 9.10. The molecule has 1 aliphatic heterocycles. The summed E-state index contributed by atoms with van der Waals surface area (Å²) >= 11 is 3.36. The van der Waals surface area contributed by atoms with Crippen molar-refractivity contribution in [3.05, 3.63) is 46.6 Å². The van der Waals surface area contributed by atoms with Crippen molar-refractivity contribution in [3.63, 3.8) is 0 Å². The highest BCUT2D eigenvalue weighted by Crippen LogP contribution is 2.32. The zero-order chi connectivity index (χ0) is 19.8. The zero-order valence-corrected chi connectivity index (χ0v) is 15.6. The Kier molecular flexibility index (Phi) is 5.04. The lowest BCUT2D eigenvalue weighted by atomic mass is 9.97. The van der Waals surface area contributed by atoms with Gasteiger partial charge in [-0.05, 0) is 53.2 Å². The Morgan fingerprint density at radius 3 is 2.48 bits per heavy atom. The van der Waals surface area contributed by atoms with Gasteiger partial charge < -0.3 is 20.1 Å². The predicted octanol–water partition coefficient (Wildman–Crippen LogP) is 3.57. The minimum Gasteiger partial charge on any atom is -0.406 e. The molecule has 0 radical (unpaired) electrons. The second-order valence-corrected chi connectivity index (χ2v) is 7.26. The number of hydrogen-bond donors (Lipinski definition) is 2. The van der Waals surface area contributed by atoms with Gasteiger partial charge >= 0.3 is 6.36 Å². The number of pyridine rings is 1. The van der Waals surface area contributed by atoms with Crippen molar-refractivity contribution in [1.82, 2.24) is 4.98 Å². The van der Waals surface area contributed by atoms with Gasteiger partial charge in [-0.1, -0.05) is 0 Å². The molecule has 0 aliphatic carbocycles. The molecule has 1 saturated heterocycles. The van der Waals surface area contributed by atoms with E-state index in [2.05, 4.69) is 31.0 Å². The predicted molar refractivity (Wildman–Crippen MR) is 95.9 cm³/mol. The van der Waals surface area contributed by atoms with Crippen LogP contribution in [0.2, 0.25) is 0 Å². The van der Waals surface area contributed by atoms with Gasteiger partial charge in [-0.3, -0.25) is 4.79 Å². The molecule has 2 aromatic rings. The Bertz CT molecular complexity index is 849. The number of nitrogens with one attached hydrogen (secondary N) is 1. The van der Waals surface area contributed by atoms with Crippen LogP contribution in [0.1, 0.15) is 17.3 Å². The molecule has 10 heteroatoms. The first-order valence-electron chi connectivity index (χ1n) is 7.82. The van der Waals surface area contributed by atoms with Crippen molar-refractivity contribution in [2.24, 2.45) is 0 Å². The third kappa shape index (κ3) is 4.89. The van der Waals surface area contributed by atoms with E-state index < -0.39 is 17.9 Å². The van der Waals surface area contributed by atoms with E-state index in [1.807, 2.05) is 4.90 Å². The fraction of sp³-hybridized carbons (Fsp3) is 0.294. The smallest absolute Gasteiger partial charge is 0.406 e. The monoisotopic (exact) mass is 445 g/mol. The molecule has 0 saturated carbocycles. The van der Waals surface area contributed by atoms with Crippen molar-refractivity contribution < 1.29 is 27.8 Å². The number of anilines is 2. The highest BCUT2D eigenvalue weighted by Gasteiger charge is 2.38. The number of ether oxygens (including phenoxy) is 1. The number of nitrogens with zero attached hydrogens (tertiary/aromatic N) is 2. The Hall–Kier alpha value is -2.33. The number of carbonyl (C=O) groups excluding carboxylic acids is 1. The molecule has 1 aromatic carbocycles. The van der Waals surface area contributed by atoms with Crippen LogP contribution in [0.15, 0.2) is 41.0 Å². The summed E-state index contributed by atoms with van der Waals surface area (Å²) in [6.45, 7) is 2.61. The molecule has 1 aromatic heterocycles. The molecule has 0 bridgehead atoms. The minimum absolute atomic E-state index is 0.272. The van der Waals surface area contributed by atoms with Crippen molar-refractivity contribution in [3.8, 4) is 5.75 Å². The Labute approximate surface area is 161 Å². The van der Waals surface area contributed by atoms with Crippen LogP contribution in [0.25, 0.3) is 0 Å². The van der Waals surface area contributed by atoms with Crippen LogP contribution in [-0.4, -0.2) is 41.1 Å². The summed E-state index contributed by atoms with van der Waals surface area (Å²) in [5.41, 5.74) is -0.166. The Morgan fingerprint density at radius 1 is 1.33 bits per heavy atom. The van der Waals surface area contributed by atoms with Crippen LogP contribution in [0, 0.1) is 0 Å². The fourth-order valence-electron chi connectivity index (χ4n) is 2.66. The van der Waals surface area contributed by atoms with Crippen LogP contribution < -0.4 is 15.0 Å². The molecule has 2 N–H and O–H groups in total.